The molecular formula is C27H40N2O5S. The van der Waals surface area contributed by atoms with E-state index >= 15 is 0 Å². The molecule has 2 saturated heterocycles. The Balaban J connectivity index is 1.86. The predicted octanol–water partition coefficient (Wildman–Crippen LogP) is 3.03. The SMILES string of the molecule is CC(C)[C@H](CO)N1C(=O)[C@@H]2[C@@H]3C(=O)OCC=C[C@@H]3S[C@@]23C=CCN(C(C)(C)CC(C)(C)C)C(=O)C13. The van der Waals surface area contributed by atoms with Gasteiger partial charge in [-0.15, -0.1) is 11.8 Å². The van der Waals surface area contributed by atoms with Gasteiger partial charge in [-0.05, 0) is 31.6 Å². The third-order valence-corrected chi connectivity index (χ3v) is 9.60. The second-order valence-electron chi connectivity index (χ2n) is 12.5. The molecule has 0 aliphatic carbocycles. The molecule has 1 N–H and O–H groups in total. The number of esters is 1. The topological polar surface area (TPSA) is 87.2 Å². The van der Waals surface area contributed by atoms with E-state index in [2.05, 4.69) is 34.6 Å². The Morgan fingerprint density at radius 1 is 1.14 bits per heavy atom. The van der Waals surface area contributed by atoms with Gasteiger partial charge < -0.3 is 19.6 Å². The summed E-state index contributed by atoms with van der Waals surface area (Å²) in [6.45, 7) is 14.9. The van der Waals surface area contributed by atoms with E-state index in [0.29, 0.717) is 6.54 Å². The zero-order valence-electron chi connectivity index (χ0n) is 22.0. The van der Waals surface area contributed by atoms with Crippen molar-refractivity contribution in [2.75, 3.05) is 19.8 Å². The Kier molecular flexibility index (Phi) is 6.71. The Morgan fingerprint density at radius 3 is 2.43 bits per heavy atom. The zero-order chi connectivity index (χ0) is 25.9. The fraction of sp³-hybridized carbons (Fsp3) is 0.741. The van der Waals surface area contributed by atoms with E-state index in [0.717, 1.165) is 6.42 Å². The fourth-order valence-electron chi connectivity index (χ4n) is 6.82. The van der Waals surface area contributed by atoms with Crippen LogP contribution in [0.1, 0.15) is 54.9 Å². The smallest absolute Gasteiger partial charge is 0.311 e. The molecule has 194 valence electrons. The van der Waals surface area contributed by atoms with Crippen molar-refractivity contribution in [2.45, 2.75) is 82.5 Å². The van der Waals surface area contributed by atoms with E-state index in [-0.39, 0.29) is 47.6 Å². The number of carbonyl (C=O) groups is 3. The van der Waals surface area contributed by atoms with Crippen molar-refractivity contribution in [1.82, 2.24) is 9.80 Å². The highest BCUT2D eigenvalue weighted by Crippen LogP contribution is 2.61. The summed E-state index contributed by atoms with van der Waals surface area (Å²) in [5.41, 5.74) is -0.447. The molecule has 2 amide bonds. The summed E-state index contributed by atoms with van der Waals surface area (Å²) >= 11 is 1.54. The van der Waals surface area contributed by atoms with Crippen LogP contribution < -0.4 is 0 Å². The molecule has 0 saturated carbocycles. The van der Waals surface area contributed by atoms with Crippen molar-refractivity contribution in [3.63, 3.8) is 0 Å². The van der Waals surface area contributed by atoms with E-state index in [1.165, 1.54) is 11.8 Å². The summed E-state index contributed by atoms with van der Waals surface area (Å²) in [7, 11) is 0. The van der Waals surface area contributed by atoms with Gasteiger partial charge in [0, 0.05) is 17.3 Å². The number of rotatable bonds is 5. The molecule has 4 heterocycles. The number of aliphatic hydroxyl groups excluding tert-OH is 1. The van der Waals surface area contributed by atoms with Crippen molar-refractivity contribution >= 4 is 29.5 Å². The highest BCUT2D eigenvalue weighted by molar-refractivity contribution is 8.02. The predicted molar refractivity (Wildman–Crippen MR) is 137 cm³/mol. The van der Waals surface area contributed by atoms with Crippen LogP contribution in [-0.2, 0) is 19.1 Å². The maximum absolute atomic E-state index is 14.5. The quantitative estimate of drug-likeness (QED) is 0.458. The van der Waals surface area contributed by atoms with Crippen LogP contribution in [0.15, 0.2) is 24.3 Å². The van der Waals surface area contributed by atoms with Crippen LogP contribution in [0.4, 0.5) is 0 Å². The second-order valence-corrected chi connectivity index (χ2v) is 14.0. The van der Waals surface area contributed by atoms with Gasteiger partial charge in [0.25, 0.3) is 0 Å². The lowest BCUT2D eigenvalue weighted by molar-refractivity contribution is -0.153. The Labute approximate surface area is 213 Å². The van der Waals surface area contributed by atoms with Crippen molar-refractivity contribution in [1.29, 1.82) is 0 Å². The van der Waals surface area contributed by atoms with Gasteiger partial charge in [0.15, 0.2) is 0 Å². The maximum Gasteiger partial charge on any atom is 0.311 e. The first-order valence-electron chi connectivity index (χ1n) is 12.7. The molecule has 2 fully saturated rings. The lowest BCUT2D eigenvalue weighted by atomic mass is 9.78. The van der Waals surface area contributed by atoms with Crippen molar-refractivity contribution < 1.29 is 24.2 Å². The molecule has 4 aliphatic heterocycles. The first-order chi connectivity index (χ1) is 16.2. The molecular weight excluding hydrogens is 464 g/mol. The van der Waals surface area contributed by atoms with E-state index in [4.69, 9.17) is 4.74 Å². The molecule has 0 radical (unpaired) electrons. The van der Waals surface area contributed by atoms with E-state index in [1.54, 1.807) is 4.90 Å². The minimum absolute atomic E-state index is 0.000619. The van der Waals surface area contributed by atoms with Crippen LogP contribution in [0.3, 0.4) is 0 Å². The number of amides is 2. The lowest BCUT2D eigenvalue weighted by Gasteiger charge is -2.45. The Morgan fingerprint density at radius 2 is 1.83 bits per heavy atom. The van der Waals surface area contributed by atoms with Crippen LogP contribution in [-0.4, -0.2) is 80.1 Å². The molecule has 7 nitrogen and oxygen atoms in total. The number of carbonyl (C=O) groups excluding carboxylic acids is 3. The summed E-state index contributed by atoms with van der Waals surface area (Å²) in [6.07, 6.45) is 8.59. The second kappa shape index (κ2) is 8.94. The number of hydrogen-bond acceptors (Lipinski definition) is 6. The number of fused-ring (bicyclic) bond motifs is 2. The number of cyclic esters (lactones) is 1. The number of aliphatic hydroxyl groups is 1. The first kappa shape index (κ1) is 26.3. The summed E-state index contributed by atoms with van der Waals surface area (Å²) in [6, 6.07) is -1.31. The van der Waals surface area contributed by atoms with Crippen LogP contribution in [0.2, 0.25) is 0 Å². The lowest BCUT2D eigenvalue weighted by Crippen LogP contribution is -2.61. The van der Waals surface area contributed by atoms with Crippen LogP contribution >= 0.6 is 11.8 Å². The van der Waals surface area contributed by atoms with Crippen molar-refractivity contribution in [2.24, 2.45) is 23.2 Å². The molecule has 4 rings (SSSR count). The zero-order valence-corrected chi connectivity index (χ0v) is 22.8. The summed E-state index contributed by atoms with van der Waals surface area (Å²) in [5.74, 6) is -2.15. The fourth-order valence-corrected chi connectivity index (χ4v) is 8.81. The van der Waals surface area contributed by atoms with Gasteiger partial charge in [0.05, 0.1) is 29.2 Å². The molecule has 0 aromatic rings. The highest BCUT2D eigenvalue weighted by Gasteiger charge is 2.72. The van der Waals surface area contributed by atoms with Gasteiger partial charge in [-0.3, -0.25) is 14.4 Å². The normalized spacial score (nSPS) is 33.9. The van der Waals surface area contributed by atoms with Gasteiger partial charge >= 0.3 is 5.97 Å². The highest BCUT2D eigenvalue weighted by atomic mass is 32.2. The molecule has 0 aromatic carbocycles. The number of likely N-dealkylation sites (tertiary alicyclic amines) is 1. The van der Waals surface area contributed by atoms with Gasteiger partial charge in [0.1, 0.15) is 12.6 Å². The Bertz CT molecular complexity index is 952. The average Bonchev–Trinajstić information content (AvgIpc) is 3.01. The maximum atomic E-state index is 14.5. The largest absolute Gasteiger partial charge is 0.461 e. The number of thioether (sulfide) groups is 1. The van der Waals surface area contributed by atoms with E-state index in [1.807, 2.05) is 43.1 Å². The number of nitrogens with zero attached hydrogens (tertiary/aromatic N) is 2. The molecule has 0 bridgehead atoms. The molecule has 35 heavy (non-hydrogen) atoms. The molecule has 6 atom stereocenters. The summed E-state index contributed by atoms with van der Waals surface area (Å²) in [5, 5.41) is 10.1. The standard InChI is InChI=1S/C27H40N2O5S/c1-16(2)17(14-30)29-21-23(32)28(26(6,7)15-25(3,4)5)12-9-11-27(21)20(22(29)31)19-18(35-27)10-8-13-34-24(19)33/h8-11,16-21,30H,12-15H2,1-7H3/t17-,18-,19+,20-,21?,27-/m0/s1. The van der Waals surface area contributed by atoms with Gasteiger partial charge in [0.2, 0.25) is 11.8 Å². The third-order valence-electron chi connectivity index (χ3n) is 7.86. The monoisotopic (exact) mass is 504 g/mol. The minimum Gasteiger partial charge on any atom is -0.461 e. The molecule has 4 aliphatic rings. The molecule has 1 spiro atoms. The Hall–Kier alpha value is -1.80. The van der Waals surface area contributed by atoms with E-state index < -0.39 is 34.2 Å². The van der Waals surface area contributed by atoms with Crippen molar-refractivity contribution in [3.05, 3.63) is 24.3 Å². The average molecular weight is 505 g/mol. The van der Waals surface area contributed by atoms with Crippen molar-refractivity contribution in [3.8, 4) is 0 Å². The summed E-state index contributed by atoms with van der Waals surface area (Å²) in [4.78, 5) is 45.3. The first-order valence-corrected chi connectivity index (χ1v) is 13.6. The number of ether oxygens (including phenoxy) is 1. The molecule has 0 aromatic heterocycles. The van der Waals surface area contributed by atoms with Crippen LogP contribution in [0, 0.1) is 23.2 Å². The molecule has 8 heteroatoms. The molecule has 1 unspecified atom stereocenters. The van der Waals surface area contributed by atoms with Crippen LogP contribution in [0.5, 0.6) is 0 Å². The van der Waals surface area contributed by atoms with Gasteiger partial charge in [-0.1, -0.05) is 58.9 Å². The third kappa shape index (κ3) is 4.24. The number of hydrogen-bond donors (Lipinski definition) is 1. The van der Waals surface area contributed by atoms with Gasteiger partial charge in [-0.2, -0.15) is 0 Å². The van der Waals surface area contributed by atoms with Gasteiger partial charge in [-0.25, -0.2) is 0 Å². The van der Waals surface area contributed by atoms with E-state index in [9.17, 15) is 19.5 Å². The van der Waals surface area contributed by atoms with Crippen LogP contribution in [0.25, 0.3) is 0 Å². The minimum atomic E-state index is -0.890. The summed E-state index contributed by atoms with van der Waals surface area (Å²) < 4.78 is 4.54.